The largest absolute Gasteiger partial charge is 0.507 e. The van der Waals surface area contributed by atoms with Crippen LogP contribution in [0, 0.1) is 0 Å². The van der Waals surface area contributed by atoms with Crippen molar-refractivity contribution in [3.63, 3.8) is 0 Å². The van der Waals surface area contributed by atoms with Crippen molar-refractivity contribution in [3.05, 3.63) is 91.0 Å². The van der Waals surface area contributed by atoms with E-state index in [0.717, 1.165) is 28.0 Å². The smallest absolute Gasteiger partial charge is 0.439 e. The predicted octanol–water partition coefficient (Wildman–Crippen LogP) is 3.29. The van der Waals surface area contributed by atoms with Gasteiger partial charge in [0.05, 0.1) is 0 Å². The Kier molecular flexibility index (Phi) is 8.02. The Morgan fingerprint density at radius 3 is 1.58 bits per heavy atom. The molecule has 3 aromatic rings. The highest BCUT2D eigenvalue weighted by Gasteiger charge is 2.45. The van der Waals surface area contributed by atoms with Crippen LogP contribution in [-0.2, 0) is 8.85 Å². The second kappa shape index (κ2) is 11.1. The molecule has 0 fully saturated rings. The highest BCUT2D eigenvalue weighted by Crippen LogP contribution is 2.11. The number of hydrogen-bond acceptors (Lipinski definition) is 4. The number of amides is 2. The topological polar surface area (TPSA) is 77.3 Å². The first-order chi connectivity index (χ1) is 15.2. The molecule has 3 rings (SSSR count). The average Bonchev–Trinajstić information content (AvgIpc) is 2.83. The van der Waals surface area contributed by atoms with Crippen molar-refractivity contribution in [3.8, 4) is 0 Å². The molecule has 0 aromatic heterocycles. The zero-order valence-electron chi connectivity index (χ0n) is 17.3. The minimum Gasteiger partial charge on any atom is -0.507 e. The molecule has 31 heavy (non-hydrogen) atoms. The van der Waals surface area contributed by atoms with Crippen molar-refractivity contribution in [2.45, 2.75) is 19.4 Å². The van der Waals surface area contributed by atoms with Crippen LogP contribution < -0.4 is 15.6 Å². The number of azo groups is 1. The minimum absolute atomic E-state index is 0.844. The molecule has 0 bridgehead atoms. The van der Waals surface area contributed by atoms with Crippen molar-refractivity contribution in [1.82, 2.24) is 0 Å². The first-order valence-corrected chi connectivity index (χ1v) is 13.6. The fraction of sp³-hybridized carbons (Fsp3) is 0.130. The van der Waals surface area contributed by atoms with Crippen molar-refractivity contribution < 1.29 is 18.4 Å². The summed E-state index contributed by atoms with van der Waals surface area (Å²) in [6.07, 6.45) is -0.821. The Labute approximate surface area is 185 Å². The van der Waals surface area contributed by atoms with E-state index in [2.05, 4.69) is 10.2 Å². The maximum absolute atomic E-state index is 12.8. The molecule has 0 aliphatic carbocycles. The molecule has 0 heterocycles. The van der Waals surface area contributed by atoms with Gasteiger partial charge in [-0.3, -0.25) is 0 Å². The van der Waals surface area contributed by atoms with Crippen LogP contribution in [0.5, 0.6) is 0 Å². The fourth-order valence-corrected chi connectivity index (χ4v) is 7.57. The number of nitrogens with zero attached hydrogens (tertiary/aromatic N) is 2. The molecule has 0 saturated carbocycles. The Hall–Kier alpha value is -3.37. The van der Waals surface area contributed by atoms with E-state index in [-0.39, 0.29) is 0 Å². The maximum Gasteiger partial charge on any atom is 0.439 e. The molecule has 0 unspecified atom stereocenters. The van der Waals surface area contributed by atoms with Crippen LogP contribution in [0.2, 0.25) is 6.04 Å². The Bertz CT molecular complexity index is 919. The van der Waals surface area contributed by atoms with Gasteiger partial charge in [0.15, 0.2) is 0 Å². The third kappa shape index (κ3) is 5.62. The molecular weight excluding hydrogens is 424 g/mol. The predicted molar refractivity (Wildman–Crippen MR) is 125 cm³/mol. The van der Waals surface area contributed by atoms with Gasteiger partial charge in [0.25, 0.3) is 0 Å². The van der Waals surface area contributed by atoms with Gasteiger partial charge in [0, 0.05) is 0 Å². The van der Waals surface area contributed by atoms with Gasteiger partial charge in [0.2, 0.25) is 9.76 Å². The normalized spacial score (nSPS) is 11.6. The second-order valence-corrected chi connectivity index (χ2v) is 11.5. The lowest BCUT2D eigenvalue weighted by molar-refractivity contribution is 0.201. The van der Waals surface area contributed by atoms with Crippen LogP contribution in [-0.4, -0.2) is 30.3 Å². The first kappa shape index (κ1) is 22.3. The van der Waals surface area contributed by atoms with Gasteiger partial charge in [-0.1, -0.05) is 115 Å². The maximum atomic E-state index is 12.8. The highest BCUT2D eigenvalue weighted by atomic mass is 28.4. The summed E-state index contributed by atoms with van der Waals surface area (Å²) in [7, 11) is -4.22. The Balaban J connectivity index is 2.00. The van der Waals surface area contributed by atoms with Crippen LogP contribution in [0.15, 0.2) is 101 Å². The van der Waals surface area contributed by atoms with Gasteiger partial charge in [-0.2, -0.15) is 0 Å². The Morgan fingerprint density at radius 2 is 1.16 bits per heavy atom. The van der Waals surface area contributed by atoms with Gasteiger partial charge in [-0.25, -0.2) is 9.59 Å². The van der Waals surface area contributed by atoms with Crippen molar-refractivity contribution in [2.24, 2.45) is 10.2 Å². The van der Waals surface area contributed by atoms with Gasteiger partial charge in [-0.15, -0.1) is 0 Å². The summed E-state index contributed by atoms with van der Waals surface area (Å²) >= 11 is 0. The van der Waals surface area contributed by atoms with Gasteiger partial charge >= 0.3 is 20.5 Å². The van der Waals surface area contributed by atoms with Gasteiger partial charge in [-0.05, 0) is 21.6 Å². The van der Waals surface area contributed by atoms with Crippen LogP contribution in [0.1, 0.15) is 13.3 Å². The number of carbonyl (C=O) groups is 2. The van der Waals surface area contributed by atoms with Crippen molar-refractivity contribution in [1.29, 1.82) is 0 Å². The third-order valence-electron chi connectivity index (χ3n) is 4.72. The van der Waals surface area contributed by atoms with Gasteiger partial charge < -0.3 is 8.85 Å². The summed E-state index contributed by atoms with van der Waals surface area (Å²) in [5.41, 5.74) is 0. The molecule has 3 aromatic carbocycles. The molecule has 0 spiro atoms. The summed E-state index contributed by atoms with van der Waals surface area (Å²) in [5.74, 6) is 0. The Morgan fingerprint density at radius 1 is 0.742 bits per heavy atom. The van der Waals surface area contributed by atoms with E-state index in [9.17, 15) is 9.59 Å². The van der Waals surface area contributed by atoms with Gasteiger partial charge in [0.1, 0.15) is 0 Å². The van der Waals surface area contributed by atoms with E-state index in [1.807, 2.05) is 97.9 Å². The summed E-state index contributed by atoms with van der Waals surface area (Å²) in [6.45, 7) is 2.01. The summed E-state index contributed by atoms with van der Waals surface area (Å²) in [4.78, 5) is 24.5. The van der Waals surface area contributed by atoms with E-state index >= 15 is 0 Å². The highest BCUT2D eigenvalue weighted by molar-refractivity contribution is 7.07. The van der Waals surface area contributed by atoms with E-state index in [0.29, 0.717) is 0 Å². The molecule has 6 nitrogen and oxygen atoms in total. The fourth-order valence-electron chi connectivity index (χ4n) is 3.26. The van der Waals surface area contributed by atoms with E-state index in [1.165, 1.54) is 0 Å². The SMILES string of the molecule is CCC[SiH2]OC(=O)/N=N/C(=O)O[Si](c1ccccc1)(c1ccccc1)c1ccccc1. The van der Waals surface area contributed by atoms with Crippen LogP contribution >= 0.6 is 0 Å². The standard InChI is InChI=1S/C23H24N2O4Si2/c1-2-18-30-28-22(26)24-25-23(27)29-31(19-12-6-3-7-13-19,20-14-8-4-9-15-20)21-16-10-5-11-17-21/h3-17H,2,18,30H2,1H3/b25-24+. The number of hydrogen-bond donors (Lipinski definition) is 0. The average molecular weight is 449 g/mol. The molecular formula is C23H24N2O4Si2. The van der Waals surface area contributed by atoms with Crippen LogP contribution in [0.4, 0.5) is 9.59 Å². The lowest BCUT2D eigenvalue weighted by Gasteiger charge is -2.31. The van der Waals surface area contributed by atoms with E-state index in [4.69, 9.17) is 8.85 Å². The van der Waals surface area contributed by atoms with Crippen molar-refractivity contribution in [2.75, 3.05) is 0 Å². The van der Waals surface area contributed by atoms with E-state index in [1.54, 1.807) is 0 Å². The molecule has 0 aliphatic heterocycles. The number of carbonyl (C=O) groups excluding carboxylic acids is 2. The minimum atomic E-state index is -3.24. The monoisotopic (exact) mass is 448 g/mol. The zero-order valence-corrected chi connectivity index (χ0v) is 19.7. The summed E-state index contributed by atoms with van der Waals surface area (Å²) in [6, 6.07) is 29.7. The third-order valence-corrected chi connectivity index (χ3v) is 10.1. The summed E-state index contributed by atoms with van der Waals surface area (Å²) < 4.78 is 11.2. The lowest BCUT2D eigenvalue weighted by atomic mass is 10.3. The molecule has 0 saturated heterocycles. The number of rotatable bonds is 7. The van der Waals surface area contributed by atoms with Crippen molar-refractivity contribution >= 4 is 45.8 Å². The second-order valence-electron chi connectivity index (χ2n) is 6.82. The molecule has 0 N–H and O–H groups in total. The quantitative estimate of drug-likeness (QED) is 0.240. The molecule has 8 heteroatoms. The van der Waals surface area contributed by atoms with E-state index < -0.39 is 30.3 Å². The number of benzene rings is 3. The zero-order chi connectivity index (χ0) is 21.9. The molecule has 2 amide bonds. The molecule has 0 radical (unpaired) electrons. The molecule has 0 aliphatic rings. The van der Waals surface area contributed by atoms with Crippen LogP contribution in [0.25, 0.3) is 0 Å². The summed E-state index contributed by atoms with van der Waals surface area (Å²) in [5, 5.41) is 9.57. The lowest BCUT2D eigenvalue weighted by Crippen LogP contribution is -2.69. The molecule has 0 atom stereocenters. The van der Waals surface area contributed by atoms with Crippen LogP contribution in [0.3, 0.4) is 0 Å². The first-order valence-electron chi connectivity index (χ1n) is 10.1. The molecule has 158 valence electrons.